The molecule has 0 saturated heterocycles. The van der Waals surface area contributed by atoms with Crippen molar-refractivity contribution in [2.45, 2.75) is 72.9 Å². The standard InChI is InChI=1S/C14H24Cl6/c15-11-7-3-1-5-9-13(17,18)14(19,20)10-6-2-4-8-12-16/h1-12H2. The summed E-state index contributed by atoms with van der Waals surface area (Å²) in [4.78, 5) is 0. The van der Waals surface area contributed by atoms with E-state index in [1.54, 1.807) is 0 Å². The summed E-state index contributed by atoms with van der Waals surface area (Å²) in [6.07, 6.45) is 9.35. The van der Waals surface area contributed by atoms with E-state index in [0.29, 0.717) is 24.6 Å². The van der Waals surface area contributed by atoms with Crippen LogP contribution in [-0.4, -0.2) is 20.4 Å². The lowest BCUT2D eigenvalue weighted by atomic mass is 10.0. The van der Waals surface area contributed by atoms with Crippen LogP contribution in [0.2, 0.25) is 0 Å². The maximum Gasteiger partial charge on any atom is 0.151 e. The molecule has 0 unspecified atom stereocenters. The summed E-state index contributed by atoms with van der Waals surface area (Å²) >= 11 is 36.6. The normalized spacial score (nSPS) is 12.9. The lowest BCUT2D eigenvalue weighted by Crippen LogP contribution is -2.36. The van der Waals surface area contributed by atoms with E-state index in [1.807, 2.05) is 0 Å². The fraction of sp³-hybridized carbons (Fsp3) is 1.00. The number of hydrogen-bond acceptors (Lipinski definition) is 0. The van der Waals surface area contributed by atoms with Gasteiger partial charge in [-0.1, -0.05) is 84.9 Å². The average molecular weight is 405 g/mol. The molecule has 0 atom stereocenters. The Morgan fingerprint density at radius 1 is 0.450 bits per heavy atom. The highest BCUT2D eigenvalue weighted by Crippen LogP contribution is 2.49. The number of halogens is 6. The Morgan fingerprint density at radius 2 is 0.750 bits per heavy atom. The summed E-state index contributed by atoms with van der Waals surface area (Å²) < 4.78 is -2.19. The summed E-state index contributed by atoms with van der Waals surface area (Å²) in [6.45, 7) is 0. The van der Waals surface area contributed by atoms with Gasteiger partial charge in [-0.15, -0.1) is 23.2 Å². The SMILES string of the molecule is ClCCCCCCC(Cl)(Cl)C(Cl)(Cl)CCCCCCCl. The van der Waals surface area contributed by atoms with Gasteiger partial charge >= 0.3 is 0 Å². The minimum atomic E-state index is -1.09. The van der Waals surface area contributed by atoms with E-state index < -0.39 is 8.67 Å². The summed E-state index contributed by atoms with van der Waals surface area (Å²) in [7, 11) is 0. The van der Waals surface area contributed by atoms with E-state index in [4.69, 9.17) is 69.6 Å². The second kappa shape index (κ2) is 12.2. The molecule has 0 amide bonds. The third kappa shape index (κ3) is 9.70. The van der Waals surface area contributed by atoms with Crippen molar-refractivity contribution in [3.8, 4) is 0 Å². The van der Waals surface area contributed by atoms with Gasteiger partial charge in [0.05, 0.1) is 0 Å². The summed E-state index contributed by atoms with van der Waals surface area (Å²) in [5.41, 5.74) is 0. The van der Waals surface area contributed by atoms with Crippen molar-refractivity contribution < 1.29 is 0 Å². The zero-order valence-corrected chi connectivity index (χ0v) is 16.3. The predicted octanol–water partition coefficient (Wildman–Crippen LogP) is 7.71. The van der Waals surface area contributed by atoms with Gasteiger partial charge in [-0.3, -0.25) is 0 Å². The van der Waals surface area contributed by atoms with Gasteiger partial charge in [-0.05, 0) is 25.7 Å². The Morgan fingerprint density at radius 3 is 1.05 bits per heavy atom. The lowest BCUT2D eigenvalue weighted by molar-refractivity contribution is 0.504. The molecule has 0 bridgehead atoms. The number of rotatable bonds is 13. The van der Waals surface area contributed by atoms with Gasteiger partial charge < -0.3 is 0 Å². The second-order valence-corrected chi connectivity index (χ2v) is 8.84. The number of alkyl halides is 6. The summed E-state index contributed by atoms with van der Waals surface area (Å²) in [6, 6.07) is 0. The van der Waals surface area contributed by atoms with Crippen LogP contribution in [0.25, 0.3) is 0 Å². The molecule has 0 fully saturated rings. The van der Waals surface area contributed by atoms with E-state index in [9.17, 15) is 0 Å². The molecule has 0 aliphatic carbocycles. The first-order chi connectivity index (χ1) is 9.37. The maximum absolute atomic E-state index is 6.34. The molecule has 0 saturated carbocycles. The van der Waals surface area contributed by atoms with E-state index in [-0.39, 0.29) is 0 Å². The largest absolute Gasteiger partial charge is 0.151 e. The van der Waals surface area contributed by atoms with Crippen LogP contribution in [0, 0.1) is 0 Å². The fourth-order valence-electron chi connectivity index (χ4n) is 1.96. The Bertz CT molecular complexity index is 206. The number of unbranched alkanes of at least 4 members (excludes halogenated alkanes) is 6. The molecule has 0 spiro atoms. The van der Waals surface area contributed by atoms with Crippen molar-refractivity contribution in [2.24, 2.45) is 0 Å². The number of hydrogen-bond donors (Lipinski definition) is 0. The van der Waals surface area contributed by atoms with Crippen molar-refractivity contribution in [3.05, 3.63) is 0 Å². The third-order valence-corrected chi connectivity index (χ3v) is 6.25. The Balaban J connectivity index is 3.94. The first-order valence-electron chi connectivity index (χ1n) is 7.25. The molecule has 0 aromatic rings. The quantitative estimate of drug-likeness (QED) is 0.218. The molecule has 6 heteroatoms. The first kappa shape index (κ1) is 21.7. The summed E-state index contributed by atoms with van der Waals surface area (Å²) in [5, 5.41) is 0. The Kier molecular flexibility index (Phi) is 13.3. The van der Waals surface area contributed by atoms with Crippen LogP contribution in [0.5, 0.6) is 0 Å². The predicted molar refractivity (Wildman–Crippen MR) is 96.5 cm³/mol. The van der Waals surface area contributed by atoms with Crippen LogP contribution >= 0.6 is 69.6 Å². The topological polar surface area (TPSA) is 0 Å². The fourth-order valence-corrected chi connectivity index (χ4v) is 3.25. The van der Waals surface area contributed by atoms with Gasteiger partial charge in [0.1, 0.15) is 0 Å². The van der Waals surface area contributed by atoms with Crippen LogP contribution in [0.1, 0.15) is 64.2 Å². The average Bonchev–Trinajstić information content (AvgIpc) is 2.38. The molecule has 0 aliphatic rings. The maximum atomic E-state index is 6.34. The molecule has 0 aromatic carbocycles. The third-order valence-electron chi connectivity index (χ3n) is 3.28. The molecule has 0 aromatic heterocycles. The van der Waals surface area contributed by atoms with Crippen molar-refractivity contribution in [1.29, 1.82) is 0 Å². The highest BCUT2D eigenvalue weighted by Gasteiger charge is 2.45. The first-order valence-corrected chi connectivity index (χ1v) is 9.83. The Hall–Kier alpha value is 1.74. The molecular formula is C14H24Cl6. The second-order valence-electron chi connectivity index (χ2n) is 5.12. The minimum Gasteiger partial charge on any atom is -0.127 e. The van der Waals surface area contributed by atoms with Crippen molar-refractivity contribution in [3.63, 3.8) is 0 Å². The summed E-state index contributed by atoms with van der Waals surface area (Å²) in [5.74, 6) is 1.40. The molecule has 122 valence electrons. The van der Waals surface area contributed by atoms with Crippen LogP contribution in [0.15, 0.2) is 0 Å². The van der Waals surface area contributed by atoms with E-state index in [1.165, 1.54) is 0 Å². The van der Waals surface area contributed by atoms with Crippen LogP contribution in [-0.2, 0) is 0 Å². The van der Waals surface area contributed by atoms with Crippen LogP contribution in [0.3, 0.4) is 0 Å². The zero-order valence-electron chi connectivity index (χ0n) is 11.8. The van der Waals surface area contributed by atoms with Gasteiger partial charge in [-0.25, -0.2) is 0 Å². The van der Waals surface area contributed by atoms with Gasteiger partial charge in [0, 0.05) is 11.8 Å². The minimum absolute atomic E-state index is 0.604. The Labute approximate surface area is 153 Å². The highest BCUT2D eigenvalue weighted by molar-refractivity contribution is 6.62. The molecule has 0 nitrogen and oxygen atoms in total. The monoisotopic (exact) mass is 402 g/mol. The van der Waals surface area contributed by atoms with E-state index >= 15 is 0 Å². The van der Waals surface area contributed by atoms with Crippen molar-refractivity contribution in [1.82, 2.24) is 0 Å². The van der Waals surface area contributed by atoms with Gasteiger partial charge in [0.15, 0.2) is 8.67 Å². The van der Waals surface area contributed by atoms with E-state index in [2.05, 4.69) is 0 Å². The van der Waals surface area contributed by atoms with Crippen molar-refractivity contribution in [2.75, 3.05) is 11.8 Å². The molecule has 20 heavy (non-hydrogen) atoms. The molecule has 0 heterocycles. The smallest absolute Gasteiger partial charge is 0.127 e. The van der Waals surface area contributed by atoms with Crippen LogP contribution in [0.4, 0.5) is 0 Å². The van der Waals surface area contributed by atoms with Crippen LogP contribution < -0.4 is 0 Å². The molecule has 0 radical (unpaired) electrons. The molecule has 0 rings (SSSR count). The molecular weight excluding hydrogens is 381 g/mol. The highest BCUT2D eigenvalue weighted by atomic mass is 35.5. The van der Waals surface area contributed by atoms with Gasteiger partial charge in [0.2, 0.25) is 0 Å². The zero-order chi connectivity index (χ0) is 15.5. The van der Waals surface area contributed by atoms with Gasteiger partial charge in [0.25, 0.3) is 0 Å². The molecule has 0 N–H and O–H groups in total. The van der Waals surface area contributed by atoms with Crippen molar-refractivity contribution >= 4 is 69.6 Å². The van der Waals surface area contributed by atoms with E-state index in [0.717, 1.165) is 51.4 Å². The van der Waals surface area contributed by atoms with Gasteiger partial charge in [-0.2, -0.15) is 0 Å². The lowest BCUT2D eigenvalue weighted by Gasteiger charge is -2.33. The molecule has 0 aliphatic heterocycles.